The van der Waals surface area contributed by atoms with Crippen LogP contribution in [0.5, 0.6) is 0 Å². The van der Waals surface area contributed by atoms with Gasteiger partial charge in [-0.15, -0.1) is 0 Å². The standard InChI is InChI=1S/C19H38N2O5.C17H36N4O5.C14H30N2O3.10H2S/c1-6-7-8-9-16(2)17(22)20-10-12-24-14-15-25-13-11-21-18(23)26-19(3,4)5;1-17(2,3)26-16(23)21-9-11-25-13-12-24-10-8-20-15(22)14(19)6-4-5-7-18;1-3-4-5-6-13(2)14(17)16-8-10-19-12-11-18-9-7-15;;;;;;;;;;/h16H,6-15H2,1-5H3,(H,20,22)(H,21,23);14H,4-13,18-19H2,1-3H3,(H,20,22)(H,21,23);13H,3-12,15H2,1-2H3,(H,16,17);10*1H2. The van der Waals surface area contributed by atoms with E-state index < -0.39 is 29.4 Å². The first-order valence-electron chi connectivity index (χ1n) is 26.1. The molecule has 0 aliphatic carbocycles. The second-order valence-corrected chi connectivity index (χ2v) is 18.9. The molecule has 0 aromatic rings. The number of carbonyl (C=O) groups excluding carboxylic acids is 5. The van der Waals surface area contributed by atoms with Crippen LogP contribution in [0.15, 0.2) is 0 Å². The fourth-order valence-corrected chi connectivity index (χ4v) is 5.65. The highest BCUT2D eigenvalue weighted by Crippen LogP contribution is 2.10. The lowest BCUT2D eigenvalue weighted by Crippen LogP contribution is -2.41. The lowest BCUT2D eigenvalue weighted by Gasteiger charge is -2.19. The third-order valence-electron chi connectivity index (χ3n) is 9.53. The van der Waals surface area contributed by atoms with E-state index in [9.17, 15) is 24.0 Å². The maximum Gasteiger partial charge on any atom is 0.407 e. The summed E-state index contributed by atoms with van der Waals surface area (Å²) in [5.41, 5.74) is 15.4. The Morgan fingerprint density at radius 3 is 0.914 bits per heavy atom. The van der Waals surface area contributed by atoms with E-state index in [1.807, 2.05) is 34.6 Å². The maximum atomic E-state index is 11.8. The van der Waals surface area contributed by atoms with Gasteiger partial charge < -0.3 is 81.7 Å². The Kier molecular flexibility index (Phi) is 111. The molecular formula is C50H124N8O13S10. The number of rotatable bonds is 41. The summed E-state index contributed by atoms with van der Waals surface area (Å²) in [7, 11) is 0. The molecule has 0 bridgehead atoms. The smallest absolute Gasteiger partial charge is 0.407 e. The summed E-state index contributed by atoms with van der Waals surface area (Å²) in [6.45, 7) is 28.0. The highest BCUT2D eigenvalue weighted by Gasteiger charge is 2.17. The van der Waals surface area contributed by atoms with Crippen molar-refractivity contribution in [1.82, 2.24) is 26.6 Å². The number of amides is 5. The van der Waals surface area contributed by atoms with Gasteiger partial charge in [-0.2, -0.15) is 135 Å². The minimum atomic E-state index is -0.511. The zero-order valence-electron chi connectivity index (χ0n) is 51.0. The van der Waals surface area contributed by atoms with E-state index in [1.165, 1.54) is 25.7 Å². The Hall–Kier alpha value is 0.0900. The summed E-state index contributed by atoms with van der Waals surface area (Å²) in [6, 6.07) is -0.498. The molecule has 31 heteroatoms. The molecule has 0 spiro atoms. The van der Waals surface area contributed by atoms with Gasteiger partial charge in [0.05, 0.1) is 85.3 Å². The lowest BCUT2D eigenvalue weighted by molar-refractivity contribution is -0.125. The van der Waals surface area contributed by atoms with Gasteiger partial charge in [-0.25, -0.2) is 9.59 Å². The zero-order valence-corrected chi connectivity index (χ0v) is 61.0. The molecule has 0 aliphatic rings. The Balaban J connectivity index is -0.0000000741. The molecule has 0 saturated carbocycles. The van der Waals surface area contributed by atoms with Crippen molar-refractivity contribution >= 4 is 165 Å². The summed E-state index contributed by atoms with van der Waals surface area (Å²) in [4.78, 5) is 58.0. The summed E-state index contributed by atoms with van der Waals surface area (Å²) < 4.78 is 42.1. The predicted octanol–water partition coefficient (Wildman–Crippen LogP) is 5.43. The SMILES string of the molecule is CC(C)(C)OC(=O)NCCOCCOCCNC(=O)C(N)CCCCN.CCCCCC(C)C(=O)NCCOCCOCCN.CCCCCC(C)C(=O)NCCOCCOCCNC(=O)OC(C)(C)C.S.S.S.S.S.S.S.S.S.S. The number of ether oxygens (including phenoxy) is 8. The van der Waals surface area contributed by atoms with Crippen LogP contribution in [0.2, 0.25) is 0 Å². The highest BCUT2D eigenvalue weighted by molar-refractivity contribution is 7.60. The van der Waals surface area contributed by atoms with E-state index in [2.05, 4.69) is 40.4 Å². The quantitative estimate of drug-likeness (QED) is 0.0354. The van der Waals surface area contributed by atoms with Crippen molar-refractivity contribution in [3.8, 4) is 0 Å². The van der Waals surface area contributed by atoms with E-state index in [-0.39, 0.29) is 165 Å². The molecule has 3 atom stereocenters. The third kappa shape index (κ3) is 91.4. The second kappa shape index (κ2) is 80.1. The third-order valence-corrected chi connectivity index (χ3v) is 9.53. The molecule has 0 heterocycles. The fourth-order valence-electron chi connectivity index (χ4n) is 5.65. The van der Waals surface area contributed by atoms with Crippen molar-refractivity contribution in [2.75, 3.05) is 125 Å². The first-order chi connectivity index (χ1) is 33.7. The Morgan fingerprint density at radius 1 is 0.370 bits per heavy atom. The van der Waals surface area contributed by atoms with Crippen LogP contribution in [-0.2, 0) is 52.3 Å². The van der Waals surface area contributed by atoms with Crippen LogP contribution in [0.3, 0.4) is 0 Å². The molecular weight excluding hydrogens is 1240 g/mol. The Bertz CT molecular complexity index is 1250. The minimum Gasteiger partial charge on any atom is -0.444 e. The maximum absolute atomic E-state index is 11.8. The van der Waals surface area contributed by atoms with Crippen LogP contribution >= 0.6 is 135 Å². The molecule has 0 rings (SSSR count). The monoisotopic (exact) mass is 1360 g/mol. The van der Waals surface area contributed by atoms with E-state index >= 15 is 0 Å². The molecule has 11 N–H and O–H groups in total. The van der Waals surface area contributed by atoms with Gasteiger partial charge in [0.2, 0.25) is 17.7 Å². The van der Waals surface area contributed by atoms with E-state index in [1.54, 1.807) is 20.8 Å². The molecule has 0 radical (unpaired) electrons. The van der Waals surface area contributed by atoms with E-state index in [4.69, 9.17) is 55.1 Å². The minimum absolute atomic E-state index is 0. The van der Waals surface area contributed by atoms with Crippen molar-refractivity contribution in [3.63, 3.8) is 0 Å². The fraction of sp³-hybridized carbons (Fsp3) is 0.900. The summed E-state index contributed by atoms with van der Waals surface area (Å²) >= 11 is 0. The van der Waals surface area contributed by atoms with Crippen LogP contribution < -0.4 is 43.8 Å². The molecule has 0 fully saturated rings. The molecule has 0 saturated heterocycles. The van der Waals surface area contributed by atoms with E-state index in [0.29, 0.717) is 132 Å². The molecule has 81 heavy (non-hydrogen) atoms. The van der Waals surface area contributed by atoms with Crippen molar-refractivity contribution in [2.45, 2.75) is 157 Å². The summed E-state index contributed by atoms with van der Waals surface area (Å²) in [6.07, 6.45) is 10.3. The largest absolute Gasteiger partial charge is 0.444 e. The number of hydrogen-bond donors (Lipinski definition) is 8. The summed E-state index contributed by atoms with van der Waals surface area (Å²) in [5.74, 6) is 0.199. The van der Waals surface area contributed by atoms with E-state index in [0.717, 1.165) is 38.5 Å². The van der Waals surface area contributed by atoms with Gasteiger partial charge in [0.1, 0.15) is 11.2 Å². The number of alkyl carbamates (subject to hydrolysis) is 2. The van der Waals surface area contributed by atoms with Gasteiger partial charge in [-0.05, 0) is 73.8 Å². The average Bonchev–Trinajstić information content (AvgIpc) is 3.30. The topological polar surface area (TPSA) is 297 Å². The van der Waals surface area contributed by atoms with Crippen molar-refractivity contribution in [1.29, 1.82) is 0 Å². The van der Waals surface area contributed by atoms with Crippen LogP contribution in [-0.4, -0.2) is 172 Å². The lowest BCUT2D eigenvalue weighted by atomic mass is 10.0. The molecule has 5 amide bonds. The van der Waals surface area contributed by atoms with Gasteiger partial charge in [-0.3, -0.25) is 14.4 Å². The number of hydrogen-bond acceptors (Lipinski definition) is 16. The van der Waals surface area contributed by atoms with Crippen molar-refractivity contribution in [3.05, 3.63) is 0 Å². The van der Waals surface area contributed by atoms with Crippen LogP contribution in [0.1, 0.15) is 140 Å². The molecule has 3 unspecified atom stereocenters. The Morgan fingerprint density at radius 2 is 0.642 bits per heavy atom. The second-order valence-electron chi connectivity index (χ2n) is 18.9. The van der Waals surface area contributed by atoms with Gasteiger partial charge in [0.25, 0.3) is 0 Å². The zero-order chi connectivity index (χ0) is 54.0. The Labute approximate surface area is 560 Å². The van der Waals surface area contributed by atoms with Crippen molar-refractivity contribution in [2.24, 2.45) is 29.0 Å². The van der Waals surface area contributed by atoms with Crippen LogP contribution in [0, 0.1) is 11.8 Å². The van der Waals surface area contributed by atoms with Gasteiger partial charge in [-0.1, -0.05) is 72.6 Å². The molecule has 0 aromatic heterocycles. The predicted molar refractivity (Wildman–Crippen MR) is 383 cm³/mol. The van der Waals surface area contributed by atoms with Crippen LogP contribution in [0.4, 0.5) is 9.59 Å². The number of unbranched alkanes of at least 4 members (excludes halogenated alkanes) is 5. The normalized spacial score (nSPS) is 10.9. The van der Waals surface area contributed by atoms with Crippen molar-refractivity contribution < 1.29 is 61.9 Å². The number of carbonyl (C=O) groups is 5. The molecule has 0 aromatic carbocycles. The first-order valence-corrected chi connectivity index (χ1v) is 26.1. The van der Waals surface area contributed by atoms with Gasteiger partial charge >= 0.3 is 12.2 Å². The number of nitrogens with two attached hydrogens (primary N) is 3. The summed E-state index contributed by atoms with van der Waals surface area (Å²) in [5, 5.41) is 13.7. The highest BCUT2D eigenvalue weighted by atomic mass is 32.1. The van der Waals surface area contributed by atoms with Gasteiger partial charge in [0, 0.05) is 51.1 Å². The molecule has 21 nitrogen and oxygen atoms in total. The molecule has 0 aliphatic heterocycles. The molecule has 502 valence electrons. The average molecular weight is 1370 g/mol. The van der Waals surface area contributed by atoms with Gasteiger partial charge in [0.15, 0.2) is 0 Å². The number of nitrogens with one attached hydrogen (secondary N) is 5. The van der Waals surface area contributed by atoms with Crippen LogP contribution in [0.25, 0.3) is 0 Å². The first kappa shape index (κ1) is 112.